The molecule has 0 aliphatic carbocycles. The first-order chi connectivity index (χ1) is 13.4. The SMILES string of the molecule is [Cl-].[PH-]Oc1[c]cccc1.[Pd].c1ccc(P(c2ccccc2)c2ccccc2)cc1. The summed E-state index contributed by atoms with van der Waals surface area (Å²) in [6, 6.07) is 42.5. The van der Waals surface area contributed by atoms with Crippen molar-refractivity contribution in [2.24, 2.45) is 0 Å². The zero-order valence-corrected chi connectivity index (χ0v) is 19.7. The summed E-state index contributed by atoms with van der Waals surface area (Å²) in [6.07, 6.45) is 0. The van der Waals surface area contributed by atoms with Gasteiger partial charge in [-0.2, -0.15) is 0 Å². The molecule has 0 aromatic heterocycles. The minimum absolute atomic E-state index is 0. The van der Waals surface area contributed by atoms with E-state index in [9.17, 15) is 0 Å². The Labute approximate surface area is 197 Å². The Bertz CT molecular complexity index is 816. The zero-order valence-electron chi connectivity index (χ0n) is 15.5. The van der Waals surface area contributed by atoms with E-state index in [4.69, 9.17) is 0 Å². The summed E-state index contributed by atoms with van der Waals surface area (Å²) in [7, 11) is 2.42. The molecule has 4 rings (SSSR count). The minimum atomic E-state index is -0.446. The molecule has 0 aliphatic rings. The molecule has 0 bridgehead atoms. The fraction of sp³-hybridized carbons (Fsp3) is 0. The summed E-state index contributed by atoms with van der Waals surface area (Å²) < 4.78 is 4.66. The van der Waals surface area contributed by atoms with E-state index < -0.39 is 7.92 Å². The van der Waals surface area contributed by atoms with Crippen LogP contribution in [0.4, 0.5) is 0 Å². The Morgan fingerprint density at radius 2 is 0.966 bits per heavy atom. The van der Waals surface area contributed by atoms with E-state index in [2.05, 4.69) is 111 Å². The van der Waals surface area contributed by atoms with Gasteiger partial charge in [0.25, 0.3) is 0 Å². The predicted octanol–water partition coefficient (Wildman–Crippen LogP) is 2.37. The first-order valence-electron chi connectivity index (χ1n) is 8.64. The van der Waals surface area contributed by atoms with Gasteiger partial charge < -0.3 is 26.4 Å². The van der Waals surface area contributed by atoms with Gasteiger partial charge in [0.15, 0.2) is 0 Å². The molecule has 0 aliphatic heterocycles. The Hall–Kier alpha value is -1.51. The molecule has 0 heterocycles. The third-order valence-corrected chi connectivity index (χ3v) is 6.50. The number of benzene rings is 4. The average molecular weight is 528 g/mol. The fourth-order valence-corrected chi connectivity index (χ4v) is 5.05. The van der Waals surface area contributed by atoms with Gasteiger partial charge in [-0.3, -0.25) is 0 Å². The molecule has 151 valence electrons. The van der Waals surface area contributed by atoms with Gasteiger partial charge in [-0.25, -0.2) is 0 Å². The van der Waals surface area contributed by atoms with E-state index in [1.165, 1.54) is 15.9 Å². The molecule has 4 aromatic rings. The zero-order chi connectivity index (χ0) is 18.7. The Kier molecular flexibility index (Phi) is 12.7. The van der Waals surface area contributed by atoms with Gasteiger partial charge in [-0.05, 0) is 29.9 Å². The molecule has 0 amide bonds. The van der Waals surface area contributed by atoms with E-state index in [0.717, 1.165) is 0 Å². The van der Waals surface area contributed by atoms with Crippen LogP contribution in [-0.2, 0) is 20.4 Å². The monoisotopic (exact) mass is 527 g/mol. The Morgan fingerprint density at radius 1 is 0.586 bits per heavy atom. The molecule has 1 nitrogen and oxygen atoms in total. The molecule has 0 atom stereocenters. The molecule has 5 heteroatoms. The molecule has 0 spiro atoms. The van der Waals surface area contributed by atoms with Crippen molar-refractivity contribution in [3.05, 3.63) is 121 Å². The van der Waals surface area contributed by atoms with Crippen molar-refractivity contribution in [1.29, 1.82) is 0 Å². The van der Waals surface area contributed by atoms with Crippen molar-refractivity contribution in [2.45, 2.75) is 0 Å². The number of para-hydroxylation sites is 1. The largest absolute Gasteiger partial charge is 1.00 e. The van der Waals surface area contributed by atoms with Gasteiger partial charge in [-0.1, -0.05) is 109 Å². The van der Waals surface area contributed by atoms with Crippen LogP contribution in [-0.4, -0.2) is 0 Å². The smallest absolute Gasteiger partial charge is 0.0922 e. The van der Waals surface area contributed by atoms with Crippen LogP contribution >= 0.6 is 17.4 Å². The summed E-state index contributed by atoms with van der Waals surface area (Å²) in [6.45, 7) is 0. The van der Waals surface area contributed by atoms with Crippen molar-refractivity contribution in [3.8, 4) is 5.75 Å². The molecule has 0 saturated heterocycles. The minimum Gasteiger partial charge on any atom is -1.00 e. The molecule has 0 N–H and O–H groups in total. The third kappa shape index (κ3) is 8.03. The van der Waals surface area contributed by atoms with Gasteiger partial charge in [0.05, 0.1) is 5.75 Å². The van der Waals surface area contributed by atoms with Gasteiger partial charge >= 0.3 is 0 Å². The van der Waals surface area contributed by atoms with Crippen molar-refractivity contribution < 1.29 is 37.4 Å². The molecular formula is C24H20ClOP2Pd-2. The van der Waals surface area contributed by atoms with Crippen molar-refractivity contribution in [2.75, 3.05) is 0 Å². The maximum Gasteiger partial charge on any atom is 0.0922 e. The van der Waals surface area contributed by atoms with Crippen LogP contribution in [0.5, 0.6) is 5.75 Å². The fourth-order valence-electron chi connectivity index (χ4n) is 2.62. The van der Waals surface area contributed by atoms with Crippen molar-refractivity contribution in [3.63, 3.8) is 0 Å². The molecule has 0 unspecified atom stereocenters. The van der Waals surface area contributed by atoms with E-state index in [1.807, 2.05) is 18.2 Å². The first-order valence-corrected chi connectivity index (χ1v) is 10.4. The summed E-state index contributed by atoms with van der Waals surface area (Å²) in [4.78, 5) is 0. The van der Waals surface area contributed by atoms with Gasteiger partial charge in [0, 0.05) is 26.5 Å². The van der Waals surface area contributed by atoms with Crippen LogP contribution in [0, 0.1) is 6.07 Å². The maximum atomic E-state index is 4.66. The van der Waals surface area contributed by atoms with E-state index in [0.29, 0.717) is 5.75 Å². The van der Waals surface area contributed by atoms with Crippen LogP contribution in [0.2, 0.25) is 0 Å². The van der Waals surface area contributed by atoms with Crippen LogP contribution in [0.15, 0.2) is 115 Å². The molecule has 1 radical (unpaired) electrons. The standard InChI is InChI=1S/C18H15P.C6H5OP.ClH.Pd/c1-4-10-16(11-5-1)19(17-12-6-2-7-13-17)18-14-8-3-9-15-18;8-7-6-4-2-1-3-5-6;;/h1-15H;1-4,8H;1H;/q;-1;;/p-1. The van der Waals surface area contributed by atoms with Crippen LogP contribution in [0.25, 0.3) is 0 Å². The predicted molar refractivity (Wildman–Crippen MR) is 119 cm³/mol. The Balaban J connectivity index is 0.000000360. The molecule has 29 heavy (non-hydrogen) atoms. The summed E-state index contributed by atoms with van der Waals surface area (Å²) in [5.41, 5.74) is 0. The first kappa shape index (κ1) is 25.5. The summed E-state index contributed by atoms with van der Waals surface area (Å²) >= 11 is 0. The maximum absolute atomic E-state index is 4.66. The Morgan fingerprint density at radius 3 is 1.24 bits per heavy atom. The van der Waals surface area contributed by atoms with Crippen LogP contribution in [0.3, 0.4) is 0 Å². The molecule has 4 aromatic carbocycles. The number of hydrogen-bond donors (Lipinski definition) is 0. The number of hydrogen-bond acceptors (Lipinski definition) is 1. The van der Waals surface area contributed by atoms with Gasteiger partial charge in [0.1, 0.15) is 0 Å². The number of rotatable bonds is 4. The third-order valence-electron chi connectivity index (χ3n) is 3.83. The normalized spacial score (nSPS) is 9.31. The number of halogens is 1. The van der Waals surface area contributed by atoms with Crippen LogP contribution < -0.4 is 32.8 Å². The van der Waals surface area contributed by atoms with E-state index in [-0.39, 0.29) is 32.8 Å². The second-order valence-electron chi connectivity index (χ2n) is 5.67. The second-order valence-corrected chi connectivity index (χ2v) is 8.10. The van der Waals surface area contributed by atoms with E-state index in [1.54, 1.807) is 6.07 Å². The molecule has 0 saturated carbocycles. The summed E-state index contributed by atoms with van der Waals surface area (Å²) in [5, 5.41) is 4.19. The molecule has 0 fully saturated rings. The second kappa shape index (κ2) is 14.5. The average Bonchev–Trinajstić information content (AvgIpc) is 2.77. The quantitative estimate of drug-likeness (QED) is 0.292. The van der Waals surface area contributed by atoms with Crippen molar-refractivity contribution in [1.82, 2.24) is 0 Å². The molecular weight excluding hydrogens is 508 g/mol. The van der Waals surface area contributed by atoms with Gasteiger partial charge in [-0.15, -0.1) is 0 Å². The topological polar surface area (TPSA) is 9.23 Å². The van der Waals surface area contributed by atoms with Crippen LogP contribution in [0.1, 0.15) is 0 Å². The summed E-state index contributed by atoms with van der Waals surface area (Å²) in [5.74, 6) is 0.698. The van der Waals surface area contributed by atoms with E-state index >= 15 is 0 Å². The van der Waals surface area contributed by atoms with Crippen molar-refractivity contribution >= 4 is 33.3 Å². The van der Waals surface area contributed by atoms with Gasteiger partial charge in [0.2, 0.25) is 0 Å².